The van der Waals surface area contributed by atoms with Gasteiger partial charge in [-0.1, -0.05) is 13.8 Å². The first-order valence-corrected chi connectivity index (χ1v) is 6.98. The van der Waals surface area contributed by atoms with Gasteiger partial charge in [0.05, 0.1) is 20.3 Å². The quantitative estimate of drug-likeness (QED) is 0.743. The Bertz CT molecular complexity index is 426. The van der Waals surface area contributed by atoms with Crippen molar-refractivity contribution in [1.29, 1.82) is 0 Å². The van der Waals surface area contributed by atoms with Gasteiger partial charge in [0, 0.05) is 12.6 Å². The van der Waals surface area contributed by atoms with Gasteiger partial charge in [-0.15, -0.1) is 0 Å². The molecular weight excluding hydrogens is 258 g/mol. The molecule has 5 nitrogen and oxygen atoms in total. The predicted molar refractivity (Wildman–Crippen MR) is 76.7 cm³/mol. The summed E-state index contributed by atoms with van der Waals surface area (Å²) >= 11 is 0. The summed E-state index contributed by atoms with van der Waals surface area (Å²) in [6.45, 7) is 9.96. The highest BCUT2D eigenvalue weighted by Gasteiger charge is 2.17. The number of hydrogen-bond acceptors (Lipinski definition) is 5. The molecule has 1 atom stereocenters. The fourth-order valence-electron chi connectivity index (χ4n) is 1.91. The number of methoxy groups -OCH3 is 1. The van der Waals surface area contributed by atoms with Crippen LogP contribution in [0.15, 0.2) is 10.5 Å². The maximum absolute atomic E-state index is 11.5. The van der Waals surface area contributed by atoms with Crippen LogP contribution in [0.2, 0.25) is 0 Å². The summed E-state index contributed by atoms with van der Waals surface area (Å²) in [4.78, 5) is 11.5. The summed E-state index contributed by atoms with van der Waals surface area (Å²) in [6, 6.07) is 1.98. The van der Waals surface area contributed by atoms with Gasteiger partial charge in [0.2, 0.25) is 0 Å². The van der Waals surface area contributed by atoms with E-state index in [1.807, 2.05) is 6.92 Å². The molecule has 0 aliphatic rings. The number of hydrogen-bond donors (Lipinski definition) is 1. The lowest BCUT2D eigenvalue weighted by Crippen LogP contribution is -2.37. The number of ether oxygens (including phenoxy) is 2. The van der Waals surface area contributed by atoms with Crippen LogP contribution in [0.4, 0.5) is 0 Å². The zero-order chi connectivity index (χ0) is 15.1. The lowest BCUT2D eigenvalue weighted by molar-refractivity contribution is 0.0599. The first-order valence-electron chi connectivity index (χ1n) is 6.98. The van der Waals surface area contributed by atoms with Crippen LogP contribution in [0, 0.1) is 12.8 Å². The third-order valence-electron chi connectivity index (χ3n) is 3.22. The van der Waals surface area contributed by atoms with E-state index >= 15 is 0 Å². The Morgan fingerprint density at radius 1 is 1.45 bits per heavy atom. The van der Waals surface area contributed by atoms with Crippen LogP contribution in [0.25, 0.3) is 0 Å². The highest BCUT2D eigenvalue weighted by atomic mass is 16.5. The molecule has 20 heavy (non-hydrogen) atoms. The topological polar surface area (TPSA) is 60.7 Å². The normalized spacial score (nSPS) is 12.7. The summed E-state index contributed by atoms with van der Waals surface area (Å²) < 4.78 is 15.7. The zero-order valence-corrected chi connectivity index (χ0v) is 13.0. The second-order valence-electron chi connectivity index (χ2n) is 5.07. The number of carbonyl (C=O) groups is 1. The second-order valence-corrected chi connectivity index (χ2v) is 5.07. The number of carbonyl (C=O) groups excluding carboxylic acids is 1. The molecule has 1 aromatic rings. The van der Waals surface area contributed by atoms with E-state index in [4.69, 9.17) is 13.9 Å². The molecule has 0 spiro atoms. The molecule has 1 aromatic heterocycles. The molecule has 0 aliphatic heterocycles. The minimum absolute atomic E-state index is 0.252. The first kappa shape index (κ1) is 16.7. The average molecular weight is 283 g/mol. The van der Waals surface area contributed by atoms with Gasteiger partial charge >= 0.3 is 5.97 Å². The molecule has 0 radical (unpaired) electrons. The summed E-state index contributed by atoms with van der Waals surface area (Å²) in [5.41, 5.74) is 0.482. The molecule has 0 aliphatic carbocycles. The van der Waals surface area contributed by atoms with E-state index in [0.717, 1.165) is 5.76 Å². The van der Waals surface area contributed by atoms with Gasteiger partial charge in [-0.05, 0) is 25.8 Å². The molecular formula is C15H25NO4. The molecule has 0 saturated carbocycles. The van der Waals surface area contributed by atoms with Crippen LogP contribution in [-0.2, 0) is 16.0 Å². The van der Waals surface area contributed by atoms with E-state index in [-0.39, 0.29) is 12.0 Å². The van der Waals surface area contributed by atoms with E-state index in [9.17, 15) is 4.79 Å². The molecule has 1 rings (SSSR count). The van der Waals surface area contributed by atoms with Crippen molar-refractivity contribution in [2.75, 3.05) is 20.3 Å². The molecule has 114 valence electrons. The highest BCUT2D eigenvalue weighted by Crippen LogP contribution is 2.16. The van der Waals surface area contributed by atoms with Crippen molar-refractivity contribution in [3.05, 3.63) is 23.2 Å². The number of esters is 1. The maximum Gasteiger partial charge on any atom is 0.341 e. The van der Waals surface area contributed by atoms with Crippen LogP contribution in [0.1, 0.15) is 42.6 Å². The third-order valence-corrected chi connectivity index (χ3v) is 3.22. The summed E-state index contributed by atoms with van der Waals surface area (Å²) in [5.74, 6) is 1.40. The van der Waals surface area contributed by atoms with Gasteiger partial charge in [-0.25, -0.2) is 4.79 Å². The van der Waals surface area contributed by atoms with Gasteiger partial charge < -0.3 is 19.2 Å². The maximum atomic E-state index is 11.5. The SMILES string of the molecule is CCOCC(NCc1cc(C(=O)OC)c(C)o1)C(C)C. The van der Waals surface area contributed by atoms with E-state index in [0.29, 0.717) is 37.0 Å². The first-order chi connectivity index (χ1) is 9.49. The van der Waals surface area contributed by atoms with Gasteiger partial charge in [0.1, 0.15) is 17.1 Å². The highest BCUT2D eigenvalue weighted by molar-refractivity contribution is 5.90. The van der Waals surface area contributed by atoms with Gasteiger partial charge in [0.15, 0.2) is 0 Å². The van der Waals surface area contributed by atoms with Crippen molar-refractivity contribution in [3.63, 3.8) is 0 Å². The van der Waals surface area contributed by atoms with Crippen molar-refractivity contribution in [1.82, 2.24) is 5.32 Å². The molecule has 0 amide bonds. The number of rotatable bonds is 8. The van der Waals surface area contributed by atoms with E-state index in [2.05, 4.69) is 19.2 Å². The van der Waals surface area contributed by atoms with Crippen molar-refractivity contribution in [2.45, 2.75) is 40.3 Å². The fraction of sp³-hybridized carbons (Fsp3) is 0.667. The van der Waals surface area contributed by atoms with Gasteiger partial charge in [-0.3, -0.25) is 0 Å². The summed E-state index contributed by atoms with van der Waals surface area (Å²) in [7, 11) is 1.36. The lowest BCUT2D eigenvalue weighted by Gasteiger charge is -2.21. The number of furan rings is 1. The predicted octanol–water partition coefficient (Wildman–Crippen LogP) is 2.53. The Morgan fingerprint density at radius 2 is 2.15 bits per heavy atom. The minimum atomic E-state index is -0.368. The standard InChI is InChI=1S/C15H25NO4/c1-6-19-9-14(10(2)3)16-8-12-7-13(11(4)20-12)15(17)18-5/h7,10,14,16H,6,8-9H2,1-5H3. The molecule has 0 bridgehead atoms. The molecule has 0 fully saturated rings. The fourth-order valence-corrected chi connectivity index (χ4v) is 1.91. The van der Waals surface area contributed by atoms with Crippen molar-refractivity contribution in [2.24, 2.45) is 5.92 Å². The van der Waals surface area contributed by atoms with Crippen LogP contribution in [-0.4, -0.2) is 32.3 Å². The molecule has 0 saturated heterocycles. The monoisotopic (exact) mass is 283 g/mol. The van der Waals surface area contributed by atoms with Crippen molar-refractivity contribution < 1.29 is 18.7 Å². The van der Waals surface area contributed by atoms with E-state index in [1.165, 1.54) is 7.11 Å². The Morgan fingerprint density at radius 3 is 2.70 bits per heavy atom. The smallest absolute Gasteiger partial charge is 0.341 e. The third kappa shape index (κ3) is 4.65. The number of aryl methyl sites for hydroxylation is 1. The van der Waals surface area contributed by atoms with Crippen LogP contribution < -0.4 is 5.32 Å². The molecule has 5 heteroatoms. The van der Waals surface area contributed by atoms with Crippen LogP contribution in [0.3, 0.4) is 0 Å². The Hall–Kier alpha value is -1.33. The minimum Gasteiger partial charge on any atom is -0.465 e. The largest absolute Gasteiger partial charge is 0.465 e. The van der Waals surface area contributed by atoms with Crippen molar-refractivity contribution >= 4 is 5.97 Å². The average Bonchev–Trinajstić information content (AvgIpc) is 2.78. The molecule has 1 unspecified atom stereocenters. The van der Waals surface area contributed by atoms with Crippen LogP contribution >= 0.6 is 0 Å². The van der Waals surface area contributed by atoms with Crippen LogP contribution in [0.5, 0.6) is 0 Å². The van der Waals surface area contributed by atoms with Gasteiger partial charge in [-0.2, -0.15) is 0 Å². The lowest BCUT2D eigenvalue weighted by atomic mass is 10.1. The Kier molecular flexibility index (Phi) is 6.75. The molecule has 1 N–H and O–H groups in total. The van der Waals surface area contributed by atoms with E-state index < -0.39 is 0 Å². The Labute approximate surface area is 120 Å². The zero-order valence-electron chi connectivity index (χ0n) is 13.0. The number of nitrogens with one attached hydrogen (secondary N) is 1. The summed E-state index contributed by atoms with van der Waals surface area (Å²) in [6.07, 6.45) is 0. The molecule has 0 aromatic carbocycles. The van der Waals surface area contributed by atoms with E-state index in [1.54, 1.807) is 13.0 Å². The molecule has 1 heterocycles. The van der Waals surface area contributed by atoms with Gasteiger partial charge in [0.25, 0.3) is 0 Å². The second kappa shape index (κ2) is 8.07. The van der Waals surface area contributed by atoms with Crippen molar-refractivity contribution in [3.8, 4) is 0 Å². The summed E-state index contributed by atoms with van der Waals surface area (Å²) in [5, 5.41) is 3.40. The Balaban J connectivity index is 2.61.